The van der Waals surface area contributed by atoms with Crippen molar-refractivity contribution >= 4 is 27.3 Å². The Balaban J connectivity index is 2.40. The number of sulfonamides is 1. The third kappa shape index (κ3) is 4.64. The van der Waals surface area contributed by atoms with Crippen LogP contribution in [0, 0.1) is 6.92 Å². The van der Waals surface area contributed by atoms with Crippen molar-refractivity contribution in [3.8, 4) is 0 Å². The Morgan fingerprint density at radius 2 is 1.81 bits per heavy atom. The van der Waals surface area contributed by atoms with E-state index in [1.807, 2.05) is 51.1 Å². The van der Waals surface area contributed by atoms with Crippen LogP contribution in [0.1, 0.15) is 31.4 Å². The van der Waals surface area contributed by atoms with E-state index in [4.69, 9.17) is 0 Å². The number of anilines is 2. The van der Waals surface area contributed by atoms with Gasteiger partial charge in [-0.2, -0.15) is 0 Å². The standard InChI is InChI=1S/C20H26N2O3S/c1-5-16-11-7-8-13-18(16)21-20(23)19(6-2)22(26(4,24)25)17-12-9-10-15(3)14-17/h7-14,19H,5-6H2,1-4H3,(H,21,23). The Labute approximate surface area is 156 Å². The molecular weight excluding hydrogens is 348 g/mol. The van der Waals surface area contributed by atoms with Crippen LogP contribution >= 0.6 is 0 Å². The number of hydrogen-bond donors (Lipinski definition) is 1. The topological polar surface area (TPSA) is 66.5 Å². The van der Waals surface area contributed by atoms with Gasteiger partial charge in [-0.3, -0.25) is 9.10 Å². The lowest BCUT2D eigenvalue weighted by Crippen LogP contribution is -2.47. The van der Waals surface area contributed by atoms with Crippen LogP contribution in [0.5, 0.6) is 0 Å². The SMILES string of the molecule is CCc1ccccc1NC(=O)C(CC)N(c1cccc(C)c1)S(C)(=O)=O. The average molecular weight is 375 g/mol. The van der Waals surface area contributed by atoms with E-state index in [2.05, 4.69) is 5.32 Å². The Hall–Kier alpha value is -2.34. The summed E-state index contributed by atoms with van der Waals surface area (Å²) in [6, 6.07) is 13.9. The van der Waals surface area contributed by atoms with Gasteiger partial charge in [0.05, 0.1) is 11.9 Å². The molecule has 2 aromatic rings. The molecule has 0 bridgehead atoms. The summed E-state index contributed by atoms with van der Waals surface area (Å²) in [5.74, 6) is -0.333. The number of hydrogen-bond acceptors (Lipinski definition) is 3. The van der Waals surface area contributed by atoms with Crippen molar-refractivity contribution in [1.29, 1.82) is 0 Å². The predicted octanol–water partition coefficient (Wildman–Crippen LogP) is 3.74. The first-order chi connectivity index (χ1) is 12.3. The minimum Gasteiger partial charge on any atom is -0.324 e. The van der Waals surface area contributed by atoms with Crippen molar-refractivity contribution in [3.63, 3.8) is 0 Å². The van der Waals surface area contributed by atoms with Gasteiger partial charge in [0.15, 0.2) is 0 Å². The molecule has 26 heavy (non-hydrogen) atoms. The van der Waals surface area contributed by atoms with Crippen LogP contribution < -0.4 is 9.62 Å². The molecule has 0 aliphatic carbocycles. The first-order valence-electron chi connectivity index (χ1n) is 8.72. The lowest BCUT2D eigenvalue weighted by Gasteiger charge is -2.30. The molecule has 0 spiro atoms. The fraction of sp³-hybridized carbons (Fsp3) is 0.350. The zero-order valence-electron chi connectivity index (χ0n) is 15.7. The molecule has 2 aromatic carbocycles. The zero-order valence-corrected chi connectivity index (χ0v) is 16.5. The van der Waals surface area contributed by atoms with E-state index in [9.17, 15) is 13.2 Å². The van der Waals surface area contributed by atoms with Gasteiger partial charge >= 0.3 is 0 Å². The summed E-state index contributed by atoms with van der Waals surface area (Å²) in [6.07, 6.45) is 2.27. The normalized spacial score (nSPS) is 12.5. The molecule has 0 radical (unpaired) electrons. The van der Waals surface area contributed by atoms with Crippen molar-refractivity contribution in [2.75, 3.05) is 15.9 Å². The quantitative estimate of drug-likeness (QED) is 0.803. The van der Waals surface area contributed by atoms with Crippen molar-refractivity contribution < 1.29 is 13.2 Å². The van der Waals surface area contributed by atoms with Crippen molar-refractivity contribution in [2.24, 2.45) is 0 Å². The molecule has 1 atom stereocenters. The highest BCUT2D eigenvalue weighted by Crippen LogP contribution is 2.25. The van der Waals surface area contributed by atoms with Gasteiger partial charge in [-0.05, 0) is 49.1 Å². The van der Waals surface area contributed by atoms with E-state index in [1.54, 1.807) is 18.2 Å². The third-order valence-electron chi connectivity index (χ3n) is 4.24. The number of benzene rings is 2. The summed E-state index contributed by atoms with van der Waals surface area (Å²) in [5, 5.41) is 2.90. The first kappa shape index (κ1) is 20.0. The van der Waals surface area contributed by atoms with Crippen molar-refractivity contribution in [2.45, 2.75) is 39.7 Å². The summed E-state index contributed by atoms with van der Waals surface area (Å²) in [5.41, 5.74) is 3.16. The largest absolute Gasteiger partial charge is 0.324 e. The molecule has 0 aliphatic rings. The second kappa shape index (κ2) is 8.36. The number of para-hydroxylation sites is 1. The number of aryl methyl sites for hydroxylation is 2. The number of carbonyl (C=O) groups excluding carboxylic acids is 1. The van der Waals surface area contributed by atoms with Gasteiger partial charge < -0.3 is 5.32 Å². The minimum absolute atomic E-state index is 0.333. The van der Waals surface area contributed by atoms with E-state index < -0.39 is 16.1 Å². The molecule has 6 heteroatoms. The van der Waals surface area contributed by atoms with Crippen LogP contribution in [0.15, 0.2) is 48.5 Å². The van der Waals surface area contributed by atoms with Crippen molar-refractivity contribution in [3.05, 3.63) is 59.7 Å². The average Bonchev–Trinajstić information content (AvgIpc) is 2.58. The third-order valence-corrected chi connectivity index (χ3v) is 5.42. The molecule has 140 valence electrons. The summed E-state index contributed by atoms with van der Waals surface area (Å²) >= 11 is 0. The highest BCUT2D eigenvalue weighted by molar-refractivity contribution is 7.92. The van der Waals surface area contributed by atoms with Gasteiger partial charge in [-0.15, -0.1) is 0 Å². The monoisotopic (exact) mass is 374 g/mol. The van der Waals surface area contributed by atoms with Crippen LogP contribution in [0.2, 0.25) is 0 Å². The number of nitrogens with zero attached hydrogens (tertiary/aromatic N) is 1. The van der Waals surface area contributed by atoms with Crippen LogP contribution in [-0.2, 0) is 21.2 Å². The van der Waals surface area contributed by atoms with E-state index in [1.165, 1.54) is 4.31 Å². The second-order valence-corrected chi connectivity index (χ2v) is 8.18. The molecule has 1 unspecified atom stereocenters. The zero-order chi connectivity index (χ0) is 19.3. The molecule has 0 fully saturated rings. The Morgan fingerprint density at radius 3 is 2.38 bits per heavy atom. The number of amides is 1. The number of nitrogens with one attached hydrogen (secondary N) is 1. The van der Waals surface area contributed by atoms with Crippen LogP contribution in [0.4, 0.5) is 11.4 Å². The van der Waals surface area contributed by atoms with Crippen LogP contribution in [-0.4, -0.2) is 26.6 Å². The van der Waals surface area contributed by atoms with E-state index in [-0.39, 0.29) is 5.91 Å². The second-order valence-electron chi connectivity index (χ2n) is 6.32. The Morgan fingerprint density at radius 1 is 1.12 bits per heavy atom. The first-order valence-corrected chi connectivity index (χ1v) is 10.6. The lowest BCUT2D eigenvalue weighted by atomic mass is 10.1. The molecule has 1 amide bonds. The maximum absolute atomic E-state index is 12.9. The van der Waals surface area contributed by atoms with E-state index >= 15 is 0 Å². The highest BCUT2D eigenvalue weighted by Gasteiger charge is 2.31. The van der Waals surface area contributed by atoms with Crippen molar-refractivity contribution in [1.82, 2.24) is 0 Å². The fourth-order valence-electron chi connectivity index (χ4n) is 2.99. The molecule has 0 saturated heterocycles. The van der Waals surface area contributed by atoms with E-state index in [0.717, 1.165) is 29.5 Å². The van der Waals surface area contributed by atoms with Gasteiger partial charge in [-0.25, -0.2) is 8.42 Å². The van der Waals surface area contributed by atoms with E-state index in [0.29, 0.717) is 12.1 Å². The molecule has 2 rings (SSSR count). The molecule has 0 aliphatic heterocycles. The van der Waals surface area contributed by atoms with Gasteiger partial charge in [0, 0.05) is 5.69 Å². The molecule has 5 nitrogen and oxygen atoms in total. The summed E-state index contributed by atoms with van der Waals surface area (Å²) in [4.78, 5) is 12.9. The Bertz CT molecular complexity index is 878. The van der Waals surface area contributed by atoms with Gasteiger partial charge in [-0.1, -0.05) is 44.2 Å². The summed E-state index contributed by atoms with van der Waals surface area (Å²) < 4.78 is 26.2. The minimum atomic E-state index is -3.63. The maximum atomic E-state index is 12.9. The molecule has 0 saturated carbocycles. The highest BCUT2D eigenvalue weighted by atomic mass is 32.2. The van der Waals surface area contributed by atoms with Gasteiger partial charge in [0.1, 0.15) is 6.04 Å². The summed E-state index contributed by atoms with van der Waals surface area (Å²) in [7, 11) is -3.63. The van der Waals surface area contributed by atoms with Gasteiger partial charge in [0.25, 0.3) is 0 Å². The summed E-state index contributed by atoms with van der Waals surface area (Å²) in [6.45, 7) is 5.71. The lowest BCUT2D eigenvalue weighted by molar-refractivity contribution is -0.117. The predicted molar refractivity (Wildman–Crippen MR) is 107 cm³/mol. The maximum Gasteiger partial charge on any atom is 0.248 e. The van der Waals surface area contributed by atoms with Crippen LogP contribution in [0.3, 0.4) is 0 Å². The Kier molecular flexibility index (Phi) is 6.42. The van der Waals surface area contributed by atoms with Crippen LogP contribution in [0.25, 0.3) is 0 Å². The number of rotatable bonds is 7. The number of carbonyl (C=O) groups is 1. The van der Waals surface area contributed by atoms with Gasteiger partial charge in [0.2, 0.25) is 15.9 Å². The molecule has 1 N–H and O–H groups in total. The molecule has 0 aromatic heterocycles. The molecular formula is C20H26N2O3S. The fourth-order valence-corrected chi connectivity index (χ4v) is 4.20. The smallest absolute Gasteiger partial charge is 0.248 e. The molecule has 0 heterocycles.